The Morgan fingerprint density at radius 3 is 2.82 bits per heavy atom. The average molecular weight is 399 g/mol. The Morgan fingerprint density at radius 1 is 1.21 bits per heavy atom. The molecule has 1 aromatic heterocycles. The number of ether oxygens (including phenoxy) is 1. The van der Waals surface area contributed by atoms with Gasteiger partial charge in [0.2, 0.25) is 0 Å². The first-order valence-corrected chi connectivity index (χ1v) is 9.76. The summed E-state index contributed by atoms with van der Waals surface area (Å²) in [6.07, 6.45) is 0. The molecular weight excluding hydrogens is 377 g/mol. The quantitative estimate of drug-likeness (QED) is 0.626. The minimum absolute atomic E-state index is 0.146. The van der Waals surface area contributed by atoms with E-state index >= 15 is 0 Å². The first kappa shape index (κ1) is 20.0. The molecule has 7 heteroatoms. The van der Waals surface area contributed by atoms with Crippen LogP contribution < -0.4 is 10.1 Å². The van der Waals surface area contributed by atoms with E-state index in [9.17, 15) is 9.18 Å². The Labute approximate surface area is 167 Å². The molecule has 3 aromatic rings. The Morgan fingerprint density at radius 2 is 2.04 bits per heavy atom. The maximum absolute atomic E-state index is 13.7. The predicted molar refractivity (Wildman–Crippen MR) is 109 cm³/mol. The van der Waals surface area contributed by atoms with Gasteiger partial charge in [-0.3, -0.25) is 4.79 Å². The summed E-state index contributed by atoms with van der Waals surface area (Å²) >= 11 is 1.40. The van der Waals surface area contributed by atoms with E-state index in [4.69, 9.17) is 4.74 Å². The molecule has 0 unspecified atom stereocenters. The molecule has 0 saturated heterocycles. The molecule has 0 bridgehead atoms. The Balaban J connectivity index is 1.65. The second-order valence-corrected chi connectivity index (χ2v) is 7.36. The Bertz CT molecular complexity index is 943. The van der Waals surface area contributed by atoms with Crippen LogP contribution in [0.2, 0.25) is 0 Å². The minimum atomic E-state index is -0.288. The normalized spacial score (nSPS) is 10.9. The van der Waals surface area contributed by atoms with Gasteiger partial charge in [0, 0.05) is 29.6 Å². The lowest BCUT2D eigenvalue weighted by Crippen LogP contribution is -2.31. The van der Waals surface area contributed by atoms with Gasteiger partial charge in [0.1, 0.15) is 28.9 Å². The maximum Gasteiger partial charge on any atom is 0.270 e. The molecule has 0 atom stereocenters. The monoisotopic (exact) mass is 399 g/mol. The highest BCUT2D eigenvalue weighted by Crippen LogP contribution is 2.27. The fraction of sp³-hybridized carbons (Fsp3) is 0.238. The molecule has 2 aromatic carbocycles. The second kappa shape index (κ2) is 9.43. The van der Waals surface area contributed by atoms with Crippen LogP contribution in [-0.4, -0.2) is 43.0 Å². The average Bonchev–Trinajstić information content (AvgIpc) is 3.18. The number of likely N-dealkylation sites (N-methyl/N-ethyl adjacent to an activating group) is 1. The highest BCUT2D eigenvalue weighted by molar-refractivity contribution is 7.13. The first-order chi connectivity index (χ1) is 13.5. The number of amides is 1. The number of benzene rings is 2. The summed E-state index contributed by atoms with van der Waals surface area (Å²) in [6, 6.07) is 13.9. The van der Waals surface area contributed by atoms with Gasteiger partial charge in [0.15, 0.2) is 0 Å². The topological polar surface area (TPSA) is 54.5 Å². The van der Waals surface area contributed by atoms with Crippen molar-refractivity contribution in [2.24, 2.45) is 0 Å². The molecule has 0 aliphatic carbocycles. The van der Waals surface area contributed by atoms with E-state index in [-0.39, 0.29) is 18.3 Å². The van der Waals surface area contributed by atoms with Crippen molar-refractivity contribution < 1.29 is 13.9 Å². The van der Waals surface area contributed by atoms with Gasteiger partial charge in [0.25, 0.3) is 5.91 Å². The largest absolute Gasteiger partial charge is 0.489 e. The lowest BCUT2D eigenvalue weighted by atomic mass is 10.2. The van der Waals surface area contributed by atoms with E-state index in [0.717, 1.165) is 17.1 Å². The predicted octanol–water partition coefficient (Wildman–Crippen LogP) is 3.82. The van der Waals surface area contributed by atoms with Gasteiger partial charge in [-0.15, -0.1) is 11.3 Å². The summed E-state index contributed by atoms with van der Waals surface area (Å²) < 4.78 is 19.4. The van der Waals surface area contributed by atoms with Crippen molar-refractivity contribution in [3.05, 3.63) is 71.0 Å². The van der Waals surface area contributed by atoms with Crippen LogP contribution in [-0.2, 0) is 6.61 Å². The molecule has 0 aliphatic heterocycles. The molecule has 1 amide bonds. The zero-order valence-electron chi connectivity index (χ0n) is 15.8. The van der Waals surface area contributed by atoms with Crippen molar-refractivity contribution in [1.29, 1.82) is 0 Å². The van der Waals surface area contributed by atoms with Crippen LogP contribution in [0, 0.1) is 5.82 Å². The summed E-state index contributed by atoms with van der Waals surface area (Å²) in [6.45, 7) is 1.48. The van der Waals surface area contributed by atoms with Gasteiger partial charge >= 0.3 is 0 Å². The standard InChI is InChI=1S/C21H22FN3O2S/c1-25(2)11-10-23-20(26)19-14-28-21(24-19)15-7-5-8-17(12-15)27-13-16-6-3-4-9-18(16)22/h3-9,12,14H,10-11,13H2,1-2H3,(H,23,26). The number of thiazole rings is 1. The first-order valence-electron chi connectivity index (χ1n) is 8.88. The van der Waals surface area contributed by atoms with Crippen molar-refractivity contribution in [3.8, 4) is 16.3 Å². The summed E-state index contributed by atoms with van der Waals surface area (Å²) in [4.78, 5) is 18.6. The molecule has 0 aliphatic rings. The number of nitrogens with one attached hydrogen (secondary N) is 1. The van der Waals surface area contributed by atoms with E-state index in [0.29, 0.717) is 23.6 Å². The molecule has 0 fully saturated rings. The van der Waals surface area contributed by atoms with Crippen LogP contribution in [0.4, 0.5) is 4.39 Å². The van der Waals surface area contributed by atoms with Crippen molar-refractivity contribution in [2.75, 3.05) is 27.2 Å². The van der Waals surface area contributed by atoms with E-state index in [1.165, 1.54) is 17.4 Å². The van der Waals surface area contributed by atoms with Crippen molar-refractivity contribution in [1.82, 2.24) is 15.2 Å². The molecule has 0 spiro atoms. The van der Waals surface area contributed by atoms with E-state index in [2.05, 4.69) is 10.3 Å². The third-order valence-electron chi connectivity index (χ3n) is 4.01. The third-order valence-corrected chi connectivity index (χ3v) is 4.91. The highest BCUT2D eigenvalue weighted by Gasteiger charge is 2.12. The summed E-state index contributed by atoms with van der Waals surface area (Å²) in [5.41, 5.74) is 1.75. The van der Waals surface area contributed by atoms with Crippen LogP contribution in [0.5, 0.6) is 5.75 Å². The SMILES string of the molecule is CN(C)CCNC(=O)c1csc(-c2cccc(OCc3ccccc3F)c2)n1. The number of nitrogens with zero attached hydrogens (tertiary/aromatic N) is 2. The molecule has 1 N–H and O–H groups in total. The molecule has 146 valence electrons. The molecular formula is C21H22FN3O2S. The molecule has 28 heavy (non-hydrogen) atoms. The van der Waals surface area contributed by atoms with E-state index in [1.54, 1.807) is 23.6 Å². The lowest BCUT2D eigenvalue weighted by Gasteiger charge is -2.09. The van der Waals surface area contributed by atoms with Crippen LogP contribution in [0.1, 0.15) is 16.1 Å². The highest BCUT2D eigenvalue weighted by atomic mass is 32.1. The number of carbonyl (C=O) groups is 1. The molecule has 0 radical (unpaired) electrons. The zero-order chi connectivity index (χ0) is 19.9. The summed E-state index contributed by atoms with van der Waals surface area (Å²) in [7, 11) is 3.91. The van der Waals surface area contributed by atoms with E-state index in [1.807, 2.05) is 43.3 Å². The number of carbonyl (C=O) groups excluding carboxylic acids is 1. The van der Waals surface area contributed by atoms with Gasteiger partial charge in [0.05, 0.1) is 0 Å². The van der Waals surface area contributed by atoms with Gasteiger partial charge in [-0.2, -0.15) is 0 Å². The van der Waals surface area contributed by atoms with Gasteiger partial charge in [-0.25, -0.2) is 9.37 Å². The number of hydrogen-bond acceptors (Lipinski definition) is 5. The second-order valence-electron chi connectivity index (χ2n) is 6.50. The maximum atomic E-state index is 13.7. The van der Waals surface area contributed by atoms with E-state index < -0.39 is 0 Å². The number of rotatable bonds is 8. The van der Waals surface area contributed by atoms with Crippen molar-refractivity contribution in [3.63, 3.8) is 0 Å². The minimum Gasteiger partial charge on any atom is -0.489 e. The fourth-order valence-corrected chi connectivity index (χ4v) is 3.29. The third kappa shape index (κ3) is 5.37. The smallest absolute Gasteiger partial charge is 0.270 e. The van der Waals surface area contributed by atoms with Crippen LogP contribution in [0.25, 0.3) is 10.6 Å². The van der Waals surface area contributed by atoms with Crippen molar-refractivity contribution >= 4 is 17.2 Å². The number of aromatic nitrogens is 1. The van der Waals surface area contributed by atoms with Gasteiger partial charge < -0.3 is 15.0 Å². The molecule has 1 heterocycles. The summed E-state index contributed by atoms with van der Waals surface area (Å²) in [5, 5.41) is 5.33. The molecule has 0 saturated carbocycles. The van der Waals surface area contributed by atoms with Crippen LogP contribution in [0.15, 0.2) is 53.9 Å². The number of halogens is 1. The number of hydrogen-bond donors (Lipinski definition) is 1. The van der Waals surface area contributed by atoms with Gasteiger partial charge in [-0.1, -0.05) is 30.3 Å². The Hall–Kier alpha value is -2.77. The van der Waals surface area contributed by atoms with Crippen LogP contribution in [0.3, 0.4) is 0 Å². The van der Waals surface area contributed by atoms with Crippen LogP contribution >= 0.6 is 11.3 Å². The van der Waals surface area contributed by atoms with Crippen molar-refractivity contribution in [2.45, 2.75) is 6.61 Å². The fourth-order valence-electron chi connectivity index (χ4n) is 2.49. The lowest BCUT2D eigenvalue weighted by molar-refractivity contribution is 0.0947. The summed E-state index contributed by atoms with van der Waals surface area (Å²) in [5.74, 6) is 0.146. The molecule has 5 nitrogen and oxygen atoms in total. The zero-order valence-corrected chi connectivity index (χ0v) is 16.6. The van der Waals surface area contributed by atoms with Gasteiger partial charge in [-0.05, 0) is 32.3 Å². The molecule has 3 rings (SSSR count). The Kier molecular flexibility index (Phi) is 6.73.